The molecule has 0 saturated carbocycles. The molecule has 0 saturated heterocycles. The highest BCUT2D eigenvalue weighted by Crippen LogP contribution is 2.21. The lowest BCUT2D eigenvalue weighted by atomic mass is 9.91. The number of unbranched alkanes of at least 4 members (excludes halogenated alkanes) is 2. The fourth-order valence-corrected chi connectivity index (χ4v) is 5.89. The van der Waals surface area contributed by atoms with Crippen molar-refractivity contribution in [3.63, 3.8) is 0 Å². The number of carboxylic acids is 1. The van der Waals surface area contributed by atoms with Crippen molar-refractivity contribution in [1.82, 2.24) is 26.6 Å². The average molecular weight is 735 g/mol. The van der Waals surface area contributed by atoms with E-state index in [1.54, 1.807) is 30.3 Å². The fraction of sp³-hybridized carbons (Fsp3) is 0.579. The Labute approximate surface area is 305 Å². The molecule has 0 aromatic heterocycles. The lowest BCUT2D eigenvalue weighted by molar-refractivity contribution is -0.173. The number of carboxylic acid groups (broad SMARTS) is 1. The lowest BCUT2D eigenvalue weighted by Crippen LogP contribution is -2.61. The number of carbonyl (C=O) groups excluding carboxylic acids is 3. The van der Waals surface area contributed by atoms with Crippen LogP contribution in [0.4, 0.5) is 13.2 Å². The normalized spacial score (nSPS) is 15.2. The largest absolute Gasteiger partial charge is 0.480 e. The Balaban J connectivity index is 2.39. The monoisotopic (exact) mass is 734 g/mol. The van der Waals surface area contributed by atoms with E-state index in [-0.39, 0.29) is 38.3 Å². The number of nitrogens with two attached hydrogens (primary N) is 1. The van der Waals surface area contributed by atoms with Crippen LogP contribution in [0.25, 0.3) is 0 Å². The van der Waals surface area contributed by atoms with Crippen LogP contribution < -0.4 is 32.3 Å². The van der Waals surface area contributed by atoms with Gasteiger partial charge in [0.1, 0.15) is 12.1 Å². The Morgan fingerprint density at radius 3 is 2.00 bits per heavy atom. The third-order valence-electron chi connectivity index (χ3n) is 8.77. The SMILES string of the molecule is CCCCC(C)(CNC(CNC(=O)C(F)(F)F)c1ccccc1)NC(Cc1ccccc1)C(=O)NC(CC(C)C)C(=O)NC(CCCCN)C(=O)O. The van der Waals surface area contributed by atoms with Crippen LogP contribution in [0.5, 0.6) is 0 Å². The Morgan fingerprint density at radius 2 is 1.44 bits per heavy atom. The third kappa shape index (κ3) is 16.1. The van der Waals surface area contributed by atoms with Crippen molar-refractivity contribution in [3.8, 4) is 0 Å². The zero-order valence-corrected chi connectivity index (χ0v) is 30.7. The topological polar surface area (TPSA) is 175 Å². The number of carbonyl (C=O) groups is 4. The van der Waals surface area contributed by atoms with Crippen molar-refractivity contribution in [2.24, 2.45) is 11.7 Å². The van der Waals surface area contributed by atoms with Crippen LogP contribution in [0.15, 0.2) is 60.7 Å². The summed E-state index contributed by atoms with van der Waals surface area (Å²) in [7, 11) is 0. The van der Waals surface area contributed by atoms with Crippen LogP contribution in [0.1, 0.15) is 89.8 Å². The summed E-state index contributed by atoms with van der Waals surface area (Å²) in [6, 6.07) is 14.5. The number of hydrogen-bond acceptors (Lipinski definition) is 7. The number of amides is 3. The molecule has 5 unspecified atom stereocenters. The molecule has 0 radical (unpaired) electrons. The van der Waals surface area contributed by atoms with Crippen molar-refractivity contribution in [3.05, 3.63) is 71.8 Å². The van der Waals surface area contributed by atoms with Crippen LogP contribution in [0.2, 0.25) is 0 Å². The molecule has 52 heavy (non-hydrogen) atoms. The fourth-order valence-electron chi connectivity index (χ4n) is 5.89. The van der Waals surface area contributed by atoms with Crippen molar-refractivity contribution in [2.45, 2.75) is 115 Å². The van der Waals surface area contributed by atoms with E-state index in [0.29, 0.717) is 31.4 Å². The number of rotatable bonds is 24. The zero-order chi connectivity index (χ0) is 38.7. The minimum atomic E-state index is -5.03. The molecule has 3 amide bonds. The highest BCUT2D eigenvalue weighted by atomic mass is 19.4. The molecular weight excluding hydrogens is 677 g/mol. The van der Waals surface area contributed by atoms with Gasteiger partial charge in [-0.1, -0.05) is 94.3 Å². The molecule has 0 aliphatic rings. The van der Waals surface area contributed by atoms with Gasteiger partial charge in [0.25, 0.3) is 0 Å². The molecule has 8 N–H and O–H groups in total. The summed E-state index contributed by atoms with van der Waals surface area (Å²) in [4.78, 5) is 51.4. The number of benzene rings is 2. The third-order valence-corrected chi connectivity index (χ3v) is 8.77. The van der Waals surface area contributed by atoms with Crippen molar-refractivity contribution in [1.29, 1.82) is 0 Å². The molecule has 14 heteroatoms. The second-order valence-electron chi connectivity index (χ2n) is 14.0. The molecule has 0 heterocycles. The van der Waals surface area contributed by atoms with Crippen molar-refractivity contribution < 1.29 is 37.5 Å². The first-order valence-electron chi connectivity index (χ1n) is 18.1. The van der Waals surface area contributed by atoms with Crippen molar-refractivity contribution >= 4 is 23.7 Å². The summed E-state index contributed by atoms with van der Waals surface area (Å²) < 4.78 is 39.1. The second kappa shape index (κ2) is 22.1. The van der Waals surface area contributed by atoms with Crippen LogP contribution >= 0.6 is 0 Å². The van der Waals surface area contributed by atoms with Gasteiger partial charge in [-0.2, -0.15) is 13.2 Å². The summed E-state index contributed by atoms with van der Waals surface area (Å²) in [5.74, 6) is -4.27. The first-order chi connectivity index (χ1) is 24.6. The van der Waals surface area contributed by atoms with Crippen molar-refractivity contribution in [2.75, 3.05) is 19.6 Å². The molecule has 2 aromatic rings. The second-order valence-corrected chi connectivity index (χ2v) is 14.0. The summed E-state index contributed by atoms with van der Waals surface area (Å²) in [6.07, 6.45) is -0.989. The molecule has 290 valence electrons. The number of halogens is 3. The van der Waals surface area contributed by atoms with Gasteiger partial charge in [0.15, 0.2) is 0 Å². The molecule has 5 atom stereocenters. The Morgan fingerprint density at radius 1 is 0.846 bits per heavy atom. The van der Waals surface area contributed by atoms with Gasteiger partial charge in [-0.3, -0.25) is 19.7 Å². The van der Waals surface area contributed by atoms with Gasteiger partial charge in [-0.05, 0) is 69.0 Å². The van der Waals surface area contributed by atoms with E-state index in [0.717, 1.165) is 18.4 Å². The van der Waals surface area contributed by atoms with E-state index < -0.39 is 59.6 Å². The smallest absolute Gasteiger partial charge is 0.471 e. The number of alkyl halides is 3. The maximum Gasteiger partial charge on any atom is 0.471 e. The highest BCUT2D eigenvalue weighted by Gasteiger charge is 2.39. The van der Waals surface area contributed by atoms with Crippen LogP contribution in [0.3, 0.4) is 0 Å². The molecule has 0 spiro atoms. The van der Waals surface area contributed by atoms with Gasteiger partial charge in [0, 0.05) is 24.7 Å². The Bertz CT molecular complexity index is 1380. The highest BCUT2D eigenvalue weighted by molar-refractivity contribution is 5.92. The minimum Gasteiger partial charge on any atom is -0.480 e. The summed E-state index contributed by atoms with van der Waals surface area (Å²) in [5.41, 5.74) is 6.31. The van der Waals surface area contributed by atoms with E-state index in [9.17, 15) is 37.5 Å². The van der Waals surface area contributed by atoms with E-state index in [1.165, 1.54) is 0 Å². The minimum absolute atomic E-state index is 0.0103. The van der Waals surface area contributed by atoms with E-state index >= 15 is 0 Å². The summed E-state index contributed by atoms with van der Waals surface area (Å²) >= 11 is 0. The van der Waals surface area contributed by atoms with Gasteiger partial charge in [-0.15, -0.1) is 0 Å². The van der Waals surface area contributed by atoms with Crippen LogP contribution in [-0.2, 0) is 25.6 Å². The predicted molar refractivity (Wildman–Crippen MR) is 195 cm³/mol. The first kappa shape index (κ1) is 44.2. The van der Waals surface area contributed by atoms with Gasteiger partial charge < -0.3 is 32.1 Å². The van der Waals surface area contributed by atoms with Crippen LogP contribution in [0, 0.1) is 5.92 Å². The predicted octanol–water partition coefficient (Wildman–Crippen LogP) is 4.37. The molecule has 0 aliphatic carbocycles. The molecule has 0 fully saturated rings. The standard InChI is InChI=1S/C38H57F3N6O5/c1-5-6-20-37(4,25-44-32(28-17-11-8-12-18-28)24-43-36(52)38(39,40)41)47-31(23-27-15-9-7-10-16-27)34(49)46-30(22-26(2)3)33(48)45-29(35(50)51)19-13-14-21-42/h7-12,15-18,26,29-32,44,47H,5-6,13-14,19-25,42H2,1-4H3,(H,43,52)(H,45,48)(H,46,49)(H,50,51). The van der Waals surface area contributed by atoms with Gasteiger partial charge in [-0.25, -0.2) is 4.79 Å². The molecule has 11 nitrogen and oxygen atoms in total. The van der Waals surface area contributed by atoms with Crippen LogP contribution in [-0.4, -0.2) is 78.3 Å². The van der Waals surface area contributed by atoms with E-state index in [1.807, 2.05) is 63.3 Å². The average Bonchev–Trinajstić information content (AvgIpc) is 3.09. The maximum atomic E-state index is 14.2. The molecule has 2 aromatic carbocycles. The number of aliphatic carboxylic acids is 1. The Kier molecular flexibility index (Phi) is 18.8. The molecule has 0 aliphatic heterocycles. The Hall–Kier alpha value is -4.01. The lowest BCUT2D eigenvalue weighted by Gasteiger charge is -2.37. The van der Waals surface area contributed by atoms with Gasteiger partial charge >= 0.3 is 18.1 Å². The number of nitrogens with one attached hydrogen (secondary N) is 5. The summed E-state index contributed by atoms with van der Waals surface area (Å²) in [6.45, 7) is 8.04. The van der Waals surface area contributed by atoms with Gasteiger partial charge in [0.2, 0.25) is 11.8 Å². The first-order valence-corrected chi connectivity index (χ1v) is 18.1. The summed E-state index contributed by atoms with van der Waals surface area (Å²) in [5, 5.41) is 24.1. The zero-order valence-electron chi connectivity index (χ0n) is 30.7. The molecule has 0 bridgehead atoms. The van der Waals surface area contributed by atoms with E-state index in [4.69, 9.17) is 5.73 Å². The molecular formula is C38H57F3N6O5. The van der Waals surface area contributed by atoms with E-state index in [2.05, 4.69) is 21.3 Å². The van der Waals surface area contributed by atoms with Gasteiger partial charge in [0.05, 0.1) is 6.04 Å². The quantitative estimate of drug-likeness (QED) is 0.0779. The molecule has 2 rings (SSSR count). The maximum absolute atomic E-state index is 14.2. The number of hydrogen-bond donors (Lipinski definition) is 7.